The predicted octanol–water partition coefficient (Wildman–Crippen LogP) is 2.89. The molecule has 0 amide bonds. The number of rotatable bonds is 12. The van der Waals surface area contributed by atoms with Crippen molar-refractivity contribution in [3.8, 4) is 5.75 Å². The summed E-state index contributed by atoms with van der Waals surface area (Å²) in [7, 11) is 0. The average molecular weight is 465 g/mol. The molecule has 0 aliphatic rings. The third kappa shape index (κ3) is 9.84. The number of benzene rings is 1. The molecule has 1 rings (SSSR count). The second-order valence-electron chi connectivity index (χ2n) is 8.40. The van der Waals surface area contributed by atoms with Gasteiger partial charge in [0.2, 0.25) is 0 Å². The summed E-state index contributed by atoms with van der Waals surface area (Å²) < 4.78 is 20.3. The van der Waals surface area contributed by atoms with Crippen LogP contribution in [0, 0.1) is 13.8 Å². The summed E-state index contributed by atoms with van der Waals surface area (Å²) in [5, 5.41) is 0. The SMILES string of the molecule is CC(=O)OCC(COC(C)=O)OC(=O)CCC(=O)Oc1cc(C)cc(C)c1C(C)(C)CC=O. The van der Waals surface area contributed by atoms with E-state index in [4.69, 9.17) is 18.9 Å². The van der Waals surface area contributed by atoms with Gasteiger partial charge in [-0.15, -0.1) is 0 Å². The Morgan fingerprint density at radius 2 is 1.48 bits per heavy atom. The third-order valence-electron chi connectivity index (χ3n) is 4.71. The first kappa shape index (κ1) is 27.8. The van der Waals surface area contributed by atoms with Crippen LogP contribution in [-0.4, -0.2) is 49.5 Å². The van der Waals surface area contributed by atoms with E-state index in [2.05, 4.69) is 0 Å². The maximum Gasteiger partial charge on any atom is 0.311 e. The third-order valence-corrected chi connectivity index (χ3v) is 4.71. The van der Waals surface area contributed by atoms with Gasteiger partial charge in [0.1, 0.15) is 25.2 Å². The Morgan fingerprint density at radius 3 is 2.00 bits per heavy atom. The van der Waals surface area contributed by atoms with Crippen LogP contribution in [0.2, 0.25) is 0 Å². The molecule has 0 heterocycles. The zero-order valence-electron chi connectivity index (χ0n) is 20.0. The van der Waals surface area contributed by atoms with Crippen molar-refractivity contribution in [2.45, 2.75) is 72.3 Å². The Kier molecular flexibility index (Phi) is 10.7. The van der Waals surface area contributed by atoms with Crippen LogP contribution in [0.4, 0.5) is 0 Å². The first-order valence-electron chi connectivity index (χ1n) is 10.6. The van der Waals surface area contributed by atoms with Gasteiger partial charge in [-0.1, -0.05) is 19.9 Å². The molecule has 1 aromatic rings. The maximum absolute atomic E-state index is 12.5. The lowest BCUT2D eigenvalue weighted by molar-refractivity contribution is -0.165. The Bertz CT molecular complexity index is 868. The van der Waals surface area contributed by atoms with Crippen molar-refractivity contribution < 1.29 is 42.9 Å². The van der Waals surface area contributed by atoms with E-state index in [9.17, 15) is 24.0 Å². The lowest BCUT2D eigenvalue weighted by Crippen LogP contribution is -2.30. The number of hydrogen-bond acceptors (Lipinski definition) is 9. The number of esters is 4. The molecule has 0 spiro atoms. The van der Waals surface area contributed by atoms with Gasteiger partial charge < -0.3 is 23.7 Å². The molecule has 0 aliphatic heterocycles. The Balaban J connectivity index is 2.80. The fourth-order valence-corrected chi connectivity index (χ4v) is 3.35. The van der Waals surface area contributed by atoms with Crippen LogP contribution in [0.3, 0.4) is 0 Å². The van der Waals surface area contributed by atoms with Crippen molar-refractivity contribution in [1.29, 1.82) is 0 Å². The highest BCUT2D eigenvalue weighted by Gasteiger charge is 2.28. The van der Waals surface area contributed by atoms with E-state index in [-0.39, 0.29) is 32.5 Å². The minimum Gasteiger partial charge on any atom is -0.462 e. The molecular formula is C24H32O9. The second-order valence-corrected chi connectivity index (χ2v) is 8.40. The fraction of sp³-hybridized carbons (Fsp3) is 0.542. The number of carbonyl (C=O) groups excluding carboxylic acids is 5. The first-order chi connectivity index (χ1) is 15.4. The Hall–Kier alpha value is -3.23. The fourth-order valence-electron chi connectivity index (χ4n) is 3.35. The smallest absolute Gasteiger partial charge is 0.311 e. The molecule has 0 fully saturated rings. The predicted molar refractivity (Wildman–Crippen MR) is 118 cm³/mol. The standard InChI is InChI=1S/C24H32O9/c1-15-11-16(2)23(24(5,6)9-10-25)20(12-15)33-22(29)8-7-21(28)32-19(13-30-17(3)26)14-31-18(4)27/h10-12,19H,7-9,13-14H2,1-6H3. The van der Waals surface area contributed by atoms with Gasteiger partial charge in [0.25, 0.3) is 0 Å². The van der Waals surface area contributed by atoms with E-state index >= 15 is 0 Å². The van der Waals surface area contributed by atoms with Crippen molar-refractivity contribution in [1.82, 2.24) is 0 Å². The second kappa shape index (κ2) is 12.7. The monoisotopic (exact) mass is 464 g/mol. The molecule has 9 heteroatoms. The Labute approximate surface area is 193 Å². The summed E-state index contributed by atoms with van der Waals surface area (Å²) in [5.41, 5.74) is 1.98. The van der Waals surface area contributed by atoms with Crippen molar-refractivity contribution in [3.05, 3.63) is 28.8 Å². The molecule has 0 atom stereocenters. The summed E-state index contributed by atoms with van der Waals surface area (Å²) in [4.78, 5) is 57.7. The molecule has 0 saturated heterocycles. The molecule has 0 bridgehead atoms. The van der Waals surface area contributed by atoms with Gasteiger partial charge >= 0.3 is 23.9 Å². The van der Waals surface area contributed by atoms with E-state index in [1.54, 1.807) is 6.07 Å². The van der Waals surface area contributed by atoms with E-state index in [0.29, 0.717) is 5.75 Å². The highest BCUT2D eigenvalue weighted by Crippen LogP contribution is 2.37. The molecule has 0 radical (unpaired) electrons. The van der Waals surface area contributed by atoms with E-state index < -0.39 is 35.4 Å². The van der Waals surface area contributed by atoms with Crippen LogP contribution in [0.5, 0.6) is 5.75 Å². The molecule has 0 unspecified atom stereocenters. The first-order valence-corrected chi connectivity index (χ1v) is 10.6. The molecular weight excluding hydrogens is 432 g/mol. The maximum atomic E-state index is 12.5. The number of aryl methyl sites for hydroxylation is 2. The van der Waals surface area contributed by atoms with Gasteiger partial charge in [0.05, 0.1) is 12.8 Å². The lowest BCUT2D eigenvalue weighted by atomic mass is 9.78. The van der Waals surface area contributed by atoms with Gasteiger partial charge in [-0.25, -0.2) is 0 Å². The molecule has 0 saturated carbocycles. The van der Waals surface area contributed by atoms with Crippen molar-refractivity contribution in [2.24, 2.45) is 0 Å². The van der Waals surface area contributed by atoms with Crippen LogP contribution in [-0.2, 0) is 43.6 Å². The van der Waals surface area contributed by atoms with E-state index in [0.717, 1.165) is 23.0 Å². The van der Waals surface area contributed by atoms with Crippen LogP contribution < -0.4 is 4.74 Å². The lowest BCUT2D eigenvalue weighted by Gasteiger charge is -2.27. The minimum atomic E-state index is -0.989. The van der Waals surface area contributed by atoms with Gasteiger partial charge in [-0.3, -0.25) is 19.2 Å². The van der Waals surface area contributed by atoms with Gasteiger partial charge in [0, 0.05) is 31.2 Å². The minimum absolute atomic E-state index is 0.250. The molecule has 0 aromatic heterocycles. The van der Waals surface area contributed by atoms with Crippen molar-refractivity contribution >= 4 is 30.2 Å². The molecule has 1 aromatic carbocycles. The summed E-state index contributed by atoms with van der Waals surface area (Å²) in [6, 6.07) is 3.67. The zero-order chi connectivity index (χ0) is 25.2. The number of carbonyl (C=O) groups is 5. The van der Waals surface area contributed by atoms with Crippen LogP contribution in [0.15, 0.2) is 12.1 Å². The molecule has 182 valence electrons. The highest BCUT2D eigenvalue weighted by molar-refractivity contribution is 5.79. The quantitative estimate of drug-likeness (QED) is 0.199. The average Bonchev–Trinajstić information content (AvgIpc) is 2.67. The molecule has 0 aliphatic carbocycles. The Morgan fingerprint density at radius 1 is 0.939 bits per heavy atom. The number of ether oxygens (including phenoxy) is 4. The largest absolute Gasteiger partial charge is 0.462 e. The summed E-state index contributed by atoms with van der Waals surface area (Å²) in [5.74, 6) is -2.19. The summed E-state index contributed by atoms with van der Waals surface area (Å²) in [6.07, 6.45) is -0.458. The van der Waals surface area contributed by atoms with Gasteiger partial charge in [0.15, 0.2) is 6.10 Å². The van der Waals surface area contributed by atoms with Crippen molar-refractivity contribution in [3.63, 3.8) is 0 Å². The van der Waals surface area contributed by atoms with Crippen LogP contribution >= 0.6 is 0 Å². The number of hydrogen-bond donors (Lipinski definition) is 0. The molecule has 33 heavy (non-hydrogen) atoms. The van der Waals surface area contributed by atoms with Crippen molar-refractivity contribution in [2.75, 3.05) is 13.2 Å². The molecule has 0 N–H and O–H groups in total. The van der Waals surface area contributed by atoms with Gasteiger partial charge in [-0.05, 0) is 31.0 Å². The van der Waals surface area contributed by atoms with E-state index in [1.807, 2.05) is 33.8 Å². The van der Waals surface area contributed by atoms with E-state index in [1.165, 1.54) is 13.8 Å². The summed E-state index contributed by atoms with van der Waals surface area (Å²) >= 11 is 0. The normalized spacial score (nSPS) is 11.0. The topological polar surface area (TPSA) is 122 Å². The summed E-state index contributed by atoms with van der Waals surface area (Å²) in [6.45, 7) is 9.35. The molecule has 9 nitrogen and oxygen atoms in total. The van der Waals surface area contributed by atoms with Crippen LogP contribution in [0.25, 0.3) is 0 Å². The van der Waals surface area contributed by atoms with Crippen LogP contribution in [0.1, 0.15) is 63.6 Å². The zero-order valence-corrected chi connectivity index (χ0v) is 20.0. The number of aldehydes is 1. The highest BCUT2D eigenvalue weighted by atomic mass is 16.6. The van der Waals surface area contributed by atoms with Gasteiger partial charge in [-0.2, -0.15) is 0 Å².